The van der Waals surface area contributed by atoms with Gasteiger partial charge in [-0.05, 0) is 26.8 Å². The van der Waals surface area contributed by atoms with Gasteiger partial charge in [-0.1, -0.05) is 28.4 Å². The van der Waals surface area contributed by atoms with Gasteiger partial charge in [0, 0.05) is 11.7 Å². The Kier molecular flexibility index (Phi) is 3.45. The molecule has 0 atom stereocenters. The minimum atomic E-state index is -0.166. The standard InChI is InChI=1S/C11H12Cl2N4O/c1-11(2,3)16-10-15-9(17-18-10)8-7(13)4-6(12)5-14-8/h4-5H,1-3H3,(H,15,16,17). The molecule has 2 aromatic heterocycles. The lowest BCUT2D eigenvalue weighted by molar-refractivity contribution is 0.420. The molecule has 0 aliphatic rings. The third-order valence-electron chi connectivity index (χ3n) is 1.93. The Morgan fingerprint density at radius 1 is 1.28 bits per heavy atom. The largest absolute Gasteiger partial charge is 0.333 e. The molecule has 5 nitrogen and oxygen atoms in total. The van der Waals surface area contributed by atoms with Gasteiger partial charge in [-0.25, -0.2) is 4.98 Å². The summed E-state index contributed by atoms with van der Waals surface area (Å²) in [6, 6.07) is 1.91. The molecule has 0 fully saturated rings. The minimum Gasteiger partial charge on any atom is -0.333 e. The van der Waals surface area contributed by atoms with Crippen LogP contribution in [0, 0.1) is 0 Å². The van der Waals surface area contributed by atoms with E-state index in [4.69, 9.17) is 27.7 Å². The third kappa shape index (κ3) is 3.11. The molecular formula is C11H12Cl2N4O. The molecule has 96 valence electrons. The number of nitrogens with one attached hydrogen (secondary N) is 1. The summed E-state index contributed by atoms with van der Waals surface area (Å²) in [6.45, 7) is 5.97. The van der Waals surface area contributed by atoms with Crippen molar-refractivity contribution in [2.75, 3.05) is 5.32 Å². The second-order valence-electron chi connectivity index (χ2n) is 4.78. The lowest BCUT2D eigenvalue weighted by Crippen LogP contribution is -2.26. The van der Waals surface area contributed by atoms with Crippen molar-refractivity contribution < 1.29 is 4.52 Å². The second-order valence-corrected chi connectivity index (χ2v) is 5.63. The molecule has 7 heteroatoms. The molecule has 0 saturated heterocycles. The van der Waals surface area contributed by atoms with E-state index in [9.17, 15) is 0 Å². The van der Waals surface area contributed by atoms with Crippen LogP contribution in [0.5, 0.6) is 0 Å². The molecule has 2 heterocycles. The number of pyridine rings is 1. The lowest BCUT2D eigenvalue weighted by atomic mass is 10.1. The van der Waals surface area contributed by atoms with Crippen LogP contribution < -0.4 is 5.32 Å². The van der Waals surface area contributed by atoms with Crippen LogP contribution in [0.1, 0.15) is 20.8 Å². The summed E-state index contributed by atoms with van der Waals surface area (Å²) in [5, 5.41) is 7.73. The summed E-state index contributed by atoms with van der Waals surface area (Å²) >= 11 is 11.8. The number of hydrogen-bond donors (Lipinski definition) is 1. The van der Waals surface area contributed by atoms with Gasteiger partial charge in [0.05, 0.1) is 10.0 Å². The number of halogens is 2. The molecule has 0 aromatic carbocycles. The fourth-order valence-corrected chi connectivity index (χ4v) is 1.73. The SMILES string of the molecule is CC(C)(C)Nc1nc(-c2ncc(Cl)cc2Cl)no1. The lowest BCUT2D eigenvalue weighted by Gasteiger charge is -2.17. The quantitative estimate of drug-likeness (QED) is 0.913. The molecule has 0 radical (unpaired) electrons. The van der Waals surface area contributed by atoms with Crippen molar-refractivity contribution in [2.45, 2.75) is 26.3 Å². The van der Waals surface area contributed by atoms with Crippen molar-refractivity contribution in [1.29, 1.82) is 0 Å². The zero-order valence-electron chi connectivity index (χ0n) is 10.2. The molecular weight excluding hydrogens is 275 g/mol. The van der Waals surface area contributed by atoms with Gasteiger partial charge < -0.3 is 9.84 Å². The number of nitrogens with zero attached hydrogens (tertiary/aromatic N) is 3. The highest BCUT2D eigenvalue weighted by Crippen LogP contribution is 2.26. The van der Waals surface area contributed by atoms with Gasteiger partial charge >= 0.3 is 6.01 Å². The normalized spacial score (nSPS) is 11.6. The Labute approximate surface area is 115 Å². The Morgan fingerprint density at radius 2 is 2.00 bits per heavy atom. The topological polar surface area (TPSA) is 63.8 Å². The molecule has 0 aliphatic carbocycles. The Balaban J connectivity index is 2.29. The molecule has 1 N–H and O–H groups in total. The Bertz CT molecular complexity index is 562. The van der Waals surface area contributed by atoms with Gasteiger partial charge in [-0.2, -0.15) is 4.98 Å². The monoisotopic (exact) mass is 286 g/mol. The Hall–Kier alpha value is -1.33. The van der Waals surface area contributed by atoms with Crippen LogP contribution >= 0.6 is 23.2 Å². The van der Waals surface area contributed by atoms with Crippen molar-refractivity contribution >= 4 is 29.2 Å². The number of rotatable bonds is 2. The van der Waals surface area contributed by atoms with E-state index in [1.54, 1.807) is 6.07 Å². The van der Waals surface area contributed by atoms with Crippen molar-refractivity contribution in [3.8, 4) is 11.5 Å². The van der Waals surface area contributed by atoms with Crippen LogP contribution in [-0.4, -0.2) is 20.7 Å². The second kappa shape index (κ2) is 4.74. The van der Waals surface area contributed by atoms with E-state index in [2.05, 4.69) is 20.4 Å². The average molecular weight is 287 g/mol. The van der Waals surface area contributed by atoms with Crippen molar-refractivity contribution in [1.82, 2.24) is 15.1 Å². The third-order valence-corrected chi connectivity index (χ3v) is 2.42. The van der Waals surface area contributed by atoms with Crippen LogP contribution in [0.2, 0.25) is 10.0 Å². The van der Waals surface area contributed by atoms with Crippen LogP contribution in [0.4, 0.5) is 6.01 Å². The van der Waals surface area contributed by atoms with Crippen LogP contribution in [0.15, 0.2) is 16.8 Å². The molecule has 0 aliphatic heterocycles. The fraction of sp³-hybridized carbons (Fsp3) is 0.364. The average Bonchev–Trinajstić information content (AvgIpc) is 2.63. The van der Waals surface area contributed by atoms with Gasteiger partial charge in [0.1, 0.15) is 5.69 Å². The molecule has 2 rings (SSSR count). The highest BCUT2D eigenvalue weighted by Gasteiger charge is 2.17. The first-order valence-corrected chi connectivity index (χ1v) is 6.04. The molecule has 0 saturated carbocycles. The number of aromatic nitrogens is 3. The maximum absolute atomic E-state index is 6.02. The highest BCUT2D eigenvalue weighted by atomic mass is 35.5. The predicted molar refractivity (Wildman–Crippen MR) is 70.9 cm³/mol. The van der Waals surface area contributed by atoms with E-state index >= 15 is 0 Å². The molecule has 0 unspecified atom stereocenters. The zero-order chi connectivity index (χ0) is 13.3. The van der Waals surface area contributed by atoms with Gasteiger partial charge in [-0.15, -0.1) is 0 Å². The van der Waals surface area contributed by atoms with Gasteiger partial charge in [0.2, 0.25) is 5.82 Å². The van der Waals surface area contributed by atoms with E-state index < -0.39 is 0 Å². The number of anilines is 1. The van der Waals surface area contributed by atoms with Crippen LogP contribution in [-0.2, 0) is 0 Å². The molecule has 18 heavy (non-hydrogen) atoms. The van der Waals surface area contributed by atoms with Gasteiger partial charge in [0.25, 0.3) is 0 Å². The highest BCUT2D eigenvalue weighted by molar-refractivity contribution is 6.35. The maximum Gasteiger partial charge on any atom is 0.322 e. The molecule has 2 aromatic rings. The number of hydrogen-bond acceptors (Lipinski definition) is 5. The maximum atomic E-state index is 6.02. The summed E-state index contributed by atoms with van der Waals surface area (Å²) < 4.78 is 5.08. The smallest absolute Gasteiger partial charge is 0.322 e. The summed E-state index contributed by atoms with van der Waals surface area (Å²) in [4.78, 5) is 8.26. The summed E-state index contributed by atoms with van der Waals surface area (Å²) in [5.41, 5.74) is 0.271. The first kappa shape index (κ1) is 13.1. The summed E-state index contributed by atoms with van der Waals surface area (Å²) in [6.07, 6.45) is 1.48. The predicted octanol–water partition coefficient (Wildman–Crippen LogP) is 3.65. The zero-order valence-corrected chi connectivity index (χ0v) is 11.7. The molecule has 0 spiro atoms. The Morgan fingerprint density at radius 3 is 2.61 bits per heavy atom. The minimum absolute atomic E-state index is 0.166. The van der Waals surface area contributed by atoms with Gasteiger partial charge in [0.15, 0.2) is 0 Å². The van der Waals surface area contributed by atoms with Crippen LogP contribution in [0.3, 0.4) is 0 Å². The summed E-state index contributed by atoms with van der Waals surface area (Å²) in [7, 11) is 0. The van der Waals surface area contributed by atoms with Gasteiger partial charge in [-0.3, -0.25) is 0 Å². The first-order valence-electron chi connectivity index (χ1n) is 5.28. The molecule has 0 amide bonds. The molecule has 0 bridgehead atoms. The fourth-order valence-electron chi connectivity index (χ4n) is 1.27. The van der Waals surface area contributed by atoms with Crippen molar-refractivity contribution in [3.05, 3.63) is 22.3 Å². The van der Waals surface area contributed by atoms with E-state index in [0.29, 0.717) is 27.6 Å². The summed E-state index contributed by atoms with van der Waals surface area (Å²) in [5.74, 6) is 0.323. The van der Waals surface area contributed by atoms with E-state index in [1.807, 2.05) is 20.8 Å². The van der Waals surface area contributed by atoms with E-state index in [0.717, 1.165) is 0 Å². The first-order chi connectivity index (χ1) is 8.35. The van der Waals surface area contributed by atoms with Crippen molar-refractivity contribution in [2.24, 2.45) is 0 Å². The van der Waals surface area contributed by atoms with Crippen molar-refractivity contribution in [3.63, 3.8) is 0 Å². The van der Waals surface area contributed by atoms with E-state index in [1.165, 1.54) is 6.20 Å². The van der Waals surface area contributed by atoms with Crippen LogP contribution in [0.25, 0.3) is 11.5 Å². The van der Waals surface area contributed by atoms with E-state index in [-0.39, 0.29) is 5.54 Å².